The highest BCUT2D eigenvalue weighted by Gasteiger charge is 2.34. The van der Waals surface area contributed by atoms with Crippen LogP contribution < -0.4 is 5.32 Å². The van der Waals surface area contributed by atoms with Gasteiger partial charge in [-0.2, -0.15) is 4.98 Å². The molecular formula is C21H19ClN4O3. The molecule has 1 aliphatic heterocycles. The summed E-state index contributed by atoms with van der Waals surface area (Å²) in [5, 5.41) is 7.37. The molecule has 7 nitrogen and oxygen atoms in total. The fourth-order valence-corrected chi connectivity index (χ4v) is 3.56. The number of nitrogens with zero attached hydrogens (tertiary/aromatic N) is 3. The SMILES string of the molecule is O=C1NCCN(C(=O)Cc2cccc(Cl)c2)C1Cc1nc(-c2ccccc2)no1. The average molecular weight is 411 g/mol. The first-order valence-corrected chi connectivity index (χ1v) is 9.67. The van der Waals surface area contributed by atoms with Gasteiger partial charge in [0.25, 0.3) is 0 Å². The molecule has 1 aromatic heterocycles. The largest absolute Gasteiger partial charge is 0.353 e. The van der Waals surface area contributed by atoms with Crippen LogP contribution in [0.1, 0.15) is 11.5 Å². The van der Waals surface area contributed by atoms with Gasteiger partial charge >= 0.3 is 0 Å². The van der Waals surface area contributed by atoms with Crippen molar-refractivity contribution < 1.29 is 14.1 Å². The van der Waals surface area contributed by atoms with Crippen LogP contribution in [0, 0.1) is 0 Å². The number of carbonyl (C=O) groups excluding carboxylic acids is 2. The van der Waals surface area contributed by atoms with Crippen molar-refractivity contribution in [1.29, 1.82) is 0 Å². The van der Waals surface area contributed by atoms with Crippen molar-refractivity contribution >= 4 is 23.4 Å². The Balaban J connectivity index is 1.50. The number of amides is 2. The van der Waals surface area contributed by atoms with Crippen molar-refractivity contribution in [3.8, 4) is 11.4 Å². The standard InChI is InChI=1S/C21H19ClN4O3/c22-16-8-4-5-14(11-16)12-19(27)26-10-9-23-21(28)17(26)13-18-24-20(25-29-18)15-6-2-1-3-7-15/h1-8,11,17H,9-10,12-13H2,(H,23,28). The number of halogens is 1. The monoisotopic (exact) mass is 410 g/mol. The van der Waals surface area contributed by atoms with Crippen LogP contribution in [0.25, 0.3) is 11.4 Å². The number of nitrogens with one attached hydrogen (secondary N) is 1. The zero-order valence-corrected chi connectivity index (χ0v) is 16.3. The highest BCUT2D eigenvalue weighted by atomic mass is 35.5. The van der Waals surface area contributed by atoms with Gasteiger partial charge < -0.3 is 14.7 Å². The molecule has 0 bridgehead atoms. The van der Waals surface area contributed by atoms with E-state index in [1.165, 1.54) is 0 Å². The Labute approximate surface area is 172 Å². The molecule has 2 aromatic carbocycles. The summed E-state index contributed by atoms with van der Waals surface area (Å²) in [5.41, 5.74) is 1.63. The van der Waals surface area contributed by atoms with Crippen LogP contribution in [-0.4, -0.2) is 46.0 Å². The maximum absolute atomic E-state index is 12.9. The van der Waals surface area contributed by atoms with Gasteiger partial charge in [-0.25, -0.2) is 0 Å². The van der Waals surface area contributed by atoms with Gasteiger partial charge in [0, 0.05) is 23.7 Å². The summed E-state index contributed by atoms with van der Waals surface area (Å²) in [6, 6.07) is 15.9. The molecular weight excluding hydrogens is 392 g/mol. The first-order chi connectivity index (χ1) is 14.1. The van der Waals surface area contributed by atoms with Crippen molar-refractivity contribution in [3.63, 3.8) is 0 Å². The van der Waals surface area contributed by atoms with Crippen LogP contribution in [0.4, 0.5) is 0 Å². The Kier molecular flexibility index (Phi) is 5.57. The van der Waals surface area contributed by atoms with Gasteiger partial charge in [0.15, 0.2) is 0 Å². The molecule has 148 valence electrons. The van der Waals surface area contributed by atoms with Crippen LogP contribution in [0.2, 0.25) is 5.02 Å². The lowest BCUT2D eigenvalue weighted by atomic mass is 10.1. The summed E-state index contributed by atoms with van der Waals surface area (Å²) in [6.45, 7) is 0.838. The number of hydrogen-bond acceptors (Lipinski definition) is 5. The summed E-state index contributed by atoms with van der Waals surface area (Å²) < 4.78 is 5.34. The summed E-state index contributed by atoms with van der Waals surface area (Å²) in [5.74, 6) is 0.394. The van der Waals surface area contributed by atoms with Gasteiger partial charge in [-0.3, -0.25) is 9.59 Å². The Morgan fingerprint density at radius 3 is 2.83 bits per heavy atom. The topological polar surface area (TPSA) is 88.3 Å². The molecule has 4 rings (SSSR count). The third-order valence-corrected chi connectivity index (χ3v) is 5.00. The molecule has 0 saturated carbocycles. The van der Waals surface area contributed by atoms with E-state index in [0.717, 1.165) is 11.1 Å². The van der Waals surface area contributed by atoms with E-state index in [4.69, 9.17) is 16.1 Å². The summed E-state index contributed by atoms with van der Waals surface area (Å²) in [4.78, 5) is 31.3. The van der Waals surface area contributed by atoms with E-state index in [-0.39, 0.29) is 24.7 Å². The van der Waals surface area contributed by atoms with Crippen LogP contribution in [0.5, 0.6) is 0 Å². The second-order valence-electron chi connectivity index (χ2n) is 6.78. The van der Waals surface area contributed by atoms with Crippen molar-refractivity contribution in [2.75, 3.05) is 13.1 Å². The molecule has 1 saturated heterocycles. The quantitative estimate of drug-likeness (QED) is 0.698. The minimum atomic E-state index is -0.695. The molecule has 8 heteroatoms. The lowest BCUT2D eigenvalue weighted by Crippen LogP contribution is -2.58. The van der Waals surface area contributed by atoms with Gasteiger partial charge in [0.2, 0.25) is 23.5 Å². The lowest BCUT2D eigenvalue weighted by molar-refractivity contribution is -0.142. The van der Waals surface area contributed by atoms with Crippen LogP contribution in [0.15, 0.2) is 59.1 Å². The Morgan fingerprint density at radius 2 is 2.03 bits per heavy atom. The van der Waals surface area contributed by atoms with Gasteiger partial charge in [0.05, 0.1) is 12.8 Å². The first kappa shape index (κ1) is 19.1. The van der Waals surface area contributed by atoms with Crippen LogP contribution >= 0.6 is 11.6 Å². The fraction of sp³-hybridized carbons (Fsp3) is 0.238. The molecule has 2 amide bonds. The molecule has 1 N–H and O–H groups in total. The highest BCUT2D eigenvalue weighted by Crippen LogP contribution is 2.19. The van der Waals surface area contributed by atoms with E-state index >= 15 is 0 Å². The molecule has 2 heterocycles. The van der Waals surface area contributed by atoms with E-state index in [2.05, 4.69) is 15.5 Å². The molecule has 1 fully saturated rings. The molecule has 3 aromatic rings. The summed E-state index contributed by atoms with van der Waals surface area (Å²) in [7, 11) is 0. The lowest BCUT2D eigenvalue weighted by Gasteiger charge is -2.34. The number of carbonyl (C=O) groups is 2. The molecule has 29 heavy (non-hydrogen) atoms. The second-order valence-corrected chi connectivity index (χ2v) is 7.22. The molecule has 0 radical (unpaired) electrons. The van der Waals surface area contributed by atoms with Gasteiger partial charge in [-0.1, -0.05) is 59.2 Å². The molecule has 1 atom stereocenters. The summed E-state index contributed by atoms with van der Waals surface area (Å²) in [6.07, 6.45) is 0.330. The Bertz CT molecular complexity index is 1020. The van der Waals surface area contributed by atoms with Crippen molar-refractivity contribution in [3.05, 3.63) is 71.1 Å². The van der Waals surface area contributed by atoms with E-state index in [1.807, 2.05) is 36.4 Å². The summed E-state index contributed by atoms with van der Waals surface area (Å²) >= 11 is 6.01. The molecule has 1 aliphatic rings. The number of hydrogen-bond donors (Lipinski definition) is 1. The van der Waals surface area contributed by atoms with Crippen LogP contribution in [-0.2, 0) is 22.4 Å². The van der Waals surface area contributed by atoms with Gasteiger partial charge in [-0.15, -0.1) is 0 Å². The minimum Gasteiger partial charge on any atom is -0.353 e. The van der Waals surface area contributed by atoms with Crippen molar-refractivity contribution in [2.24, 2.45) is 0 Å². The van der Waals surface area contributed by atoms with Crippen LogP contribution in [0.3, 0.4) is 0 Å². The zero-order valence-electron chi connectivity index (χ0n) is 15.5. The maximum atomic E-state index is 12.9. The maximum Gasteiger partial charge on any atom is 0.243 e. The van der Waals surface area contributed by atoms with Gasteiger partial charge in [-0.05, 0) is 17.7 Å². The second kappa shape index (κ2) is 8.45. The van der Waals surface area contributed by atoms with E-state index in [0.29, 0.717) is 29.8 Å². The third kappa shape index (κ3) is 4.46. The Morgan fingerprint density at radius 1 is 1.21 bits per heavy atom. The third-order valence-electron chi connectivity index (χ3n) is 4.76. The smallest absolute Gasteiger partial charge is 0.243 e. The number of rotatable bonds is 5. The molecule has 1 unspecified atom stereocenters. The van der Waals surface area contributed by atoms with Crippen molar-refractivity contribution in [1.82, 2.24) is 20.4 Å². The Hall–Kier alpha value is -3.19. The zero-order chi connectivity index (χ0) is 20.2. The molecule has 0 spiro atoms. The minimum absolute atomic E-state index is 0.144. The average Bonchev–Trinajstić information content (AvgIpc) is 3.19. The molecule has 0 aliphatic carbocycles. The predicted octanol–water partition coefficient (Wildman–Crippen LogP) is 2.50. The fourth-order valence-electron chi connectivity index (χ4n) is 3.35. The predicted molar refractivity (Wildman–Crippen MR) is 107 cm³/mol. The first-order valence-electron chi connectivity index (χ1n) is 9.30. The van der Waals surface area contributed by atoms with Gasteiger partial charge in [0.1, 0.15) is 6.04 Å². The number of piperazine rings is 1. The number of benzene rings is 2. The normalized spacial score (nSPS) is 16.5. The van der Waals surface area contributed by atoms with E-state index in [1.54, 1.807) is 23.1 Å². The highest BCUT2D eigenvalue weighted by molar-refractivity contribution is 6.30. The van der Waals surface area contributed by atoms with E-state index in [9.17, 15) is 9.59 Å². The van der Waals surface area contributed by atoms with E-state index < -0.39 is 6.04 Å². The van der Waals surface area contributed by atoms with Crippen molar-refractivity contribution in [2.45, 2.75) is 18.9 Å². The number of aromatic nitrogens is 2.